The van der Waals surface area contributed by atoms with Crippen molar-refractivity contribution in [1.29, 1.82) is 0 Å². The predicted molar refractivity (Wildman–Crippen MR) is 106 cm³/mol. The lowest BCUT2D eigenvalue weighted by Crippen LogP contribution is -2.61. The number of nitrogens with zero attached hydrogens (tertiary/aromatic N) is 2. The van der Waals surface area contributed by atoms with Crippen molar-refractivity contribution in [3.63, 3.8) is 0 Å². The van der Waals surface area contributed by atoms with Crippen LogP contribution in [0.5, 0.6) is 0 Å². The number of aromatic nitrogens is 2. The second-order valence-electron chi connectivity index (χ2n) is 9.00. The molecular formula is C21H21ClFN3O3. The summed E-state index contributed by atoms with van der Waals surface area (Å²) in [6.07, 6.45) is 5.81. The summed E-state index contributed by atoms with van der Waals surface area (Å²) in [7, 11) is 0. The number of rotatable bonds is 4. The van der Waals surface area contributed by atoms with E-state index in [1.807, 2.05) is 0 Å². The van der Waals surface area contributed by atoms with Crippen molar-refractivity contribution in [3.8, 4) is 0 Å². The van der Waals surface area contributed by atoms with Crippen molar-refractivity contribution in [2.24, 2.45) is 17.3 Å². The van der Waals surface area contributed by atoms with Gasteiger partial charge in [0.15, 0.2) is 0 Å². The van der Waals surface area contributed by atoms with Gasteiger partial charge in [0.05, 0.1) is 22.8 Å². The fraction of sp³-hybridized carbons (Fsp3) is 0.476. The molecule has 1 aromatic carbocycles. The first-order valence-electron chi connectivity index (χ1n) is 9.85. The van der Waals surface area contributed by atoms with E-state index in [2.05, 4.69) is 10.4 Å². The molecule has 0 saturated heterocycles. The summed E-state index contributed by atoms with van der Waals surface area (Å²) in [6.45, 7) is 0. The van der Waals surface area contributed by atoms with Crippen LogP contribution in [0, 0.1) is 23.1 Å². The first-order chi connectivity index (χ1) is 13.8. The zero-order chi connectivity index (χ0) is 20.4. The van der Waals surface area contributed by atoms with Crippen LogP contribution in [0.15, 0.2) is 35.3 Å². The number of halogens is 2. The maximum absolute atomic E-state index is 13.4. The van der Waals surface area contributed by atoms with E-state index < -0.39 is 28.3 Å². The van der Waals surface area contributed by atoms with Crippen molar-refractivity contribution in [1.82, 2.24) is 9.78 Å². The van der Waals surface area contributed by atoms with Gasteiger partial charge in [-0.2, -0.15) is 5.10 Å². The first kappa shape index (κ1) is 18.6. The standard InChI is InChI=1S/C21H21ClFN3O3/c22-17-16(25-15-3-1-2-14(23)5-15)10-24-26(18(17)27)21-8-12-4-13(9-21)7-20(6-12,11-21)19(28)29/h1-3,5,10,12-13,25H,4,6-9,11H2,(H,28,29)/t12-,13-,20?,21?/m1/s1. The van der Waals surface area contributed by atoms with Gasteiger partial charge in [-0.05, 0) is 68.6 Å². The van der Waals surface area contributed by atoms with E-state index in [0.29, 0.717) is 42.5 Å². The Morgan fingerprint density at radius 3 is 2.66 bits per heavy atom. The molecule has 4 saturated carbocycles. The highest BCUT2D eigenvalue weighted by molar-refractivity contribution is 6.33. The second-order valence-corrected chi connectivity index (χ2v) is 9.37. The highest BCUT2D eigenvalue weighted by Gasteiger charge is 2.62. The highest BCUT2D eigenvalue weighted by atomic mass is 35.5. The molecule has 2 atom stereocenters. The van der Waals surface area contributed by atoms with Crippen molar-refractivity contribution < 1.29 is 14.3 Å². The van der Waals surface area contributed by atoms with Gasteiger partial charge < -0.3 is 10.4 Å². The lowest BCUT2D eigenvalue weighted by Gasteiger charge is -2.60. The predicted octanol–water partition coefficient (Wildman–Crippen LogP) is 4.16. The van der Waals surface area contributed by atoms with Crippen molar-refractivity contribution in [3.05, 3.63) is 51.7 Å². The zero-order valence-corrected chi connectivity index (χ0v) is 16.5. The molecule has 4 bridgehead atoms. The van der Waals surface area contributed by atoms with Gasteiger partial charge in [-0.25, -0.2) is 9.07 Å². The van der Waals surface area contributed by atoms with Gasteiger partial charge in [0.1, 0.15) is 10.8 Å². The summed E-state index contributed by atoms with van der Waals surface area (Å²) in [5.41, 5.74) is -1.03. The zero-order valence-electron chi connectivity index (χ0n) is 15.7. The van der Waals surface area contributed by atoms with E-state index in [1.54, 1.807) is 12.1 Å². The third-order valence-corrected chi connectivity index (χ3v) is 7.32. The largest absolute Gasteiger partial charge is 0.481 e. The van der Waals surface area contributed by atoms with Gasteiger partial charge in [0, 0.05) is 5.69 Å². The minimum atomic E-state index is -0.768. The van der Waals surface area contributed by atoms with Crippen LogP contribution >= 0.6 is 11.6 Å². The van der Waals surface area contributed by atoms with E-state index in [0.717, 1.165) is 19.3 Å². The van der Waals surface area contributed by atoms with Gasteiger partial charge in [-0.1, -0.05) is 17.7 Å². The van der Waals surface area contributed by atoms with Crippen LogP contribution < -0.4 is 10.9 Å². The summed E-state index contributed by atoms with van der Waals surface area (Å²) in [5, 5.41) is 17.2. The third-order valence-electron chi connectivity index (χ3n) is 6.96. The van der Waals surface area contributed by atoms with E-state index in [4.69, 9.17) is 11.6 Å². The van der Waals surface area contributed by atoms with Crippen LogP contribution in [0.3, 0.4) is 0 Å². The van der Waals surface area contributed by atoms with Gasteiger partial charge >= 0.3 is 5.97 Å². The molecule has 1 heterocycles. The Hall–Kier alpha value is -2.41. The molecule has 4 aliphatic carbocycles. The number of hydrogen-bond acceptors (Lipinski definition) is 4. The molecule has 2 N–H and O–H groups in total. The fourth-order valence-electron chi connectivity index (χ4n) is 6.29. The molecule has 2 aromatic rings. The van der Waals surface area contributed by atoms with Crippen LogP contribution in [0.1, 0.15) is 38.5 Å². The summed E-state index contributed by atoms with van der Waals surface area (Å²) >= 11 is 6.38. The summed E-state index contributed by atoms with van der Waals surface area (Å²) < 4.78 is 14.9. The lowest BCUT2D eigenvalue weighted by molar-refractivity contribution is -0.173. The van der Waals surface area contributed by atoms with Crippen LogP contribution in [-0.2, 0) is 10.3 Å². The molecule has 4 aliphatic rings. The Bertz CT molecular complexity index is 1060. The van der Waals surface area contributed by atoms with Crippen LogP contribution in [0.4, 0.5) is 15.8 Å². The number of carboxylic acid groups (broad SMARTS) is 1. The van der Waals surface area contributed by atoms with E-state index in [-0.39, 0.29) is 5.02 Å². The number of benzene rings is 1. The van der Waals surface area contributed by atoms with Crippen molar-refractivity contribution in [2.75, 3.05) is 5.32 Å². The topological polar surface area (TPSA) is 84.2 Å². The average molecular weight is 418 g/mol. The third kappa shape index (κ3) is 2.86. The maximum Gasteiger partial charge on any atom is 0.309 e. The number of anilines is 2. The molecule has 8 heteroatoms. The molecule has 0 amide bonds. The number of nitrogens with one attached hydrogen (secondary N) is 1. The van der Waals surface area contributed by atoms with Gasteiger partial charge in [0.25, 0.3) is 5.56 Å². The molecule has 0 unspecified atom stereocenters. The molecule has 4 fully saturated rings. The monoisotopic (exact) mass is 417 g/mol. The van der Waals surface area contributed by atoms with E-state index >= 15 is 0 Å². The van der Waals surface area contributed by atoms with Crippen LogP contribution in [0.2, 0.25) is 5.02 Å². The summed E-state index contributed by atoms with van der Waals surface area (Å²) in [5.74, 6) is -0.575. The van der Waals surface area contributed by atoms with Crippen molar-refractivity contribution in [2.45, 2.75) is 44.1 Å². The molecule has 6 rings (SSSR count). The average Bonchev–Trinajstić information content (AvgIpc) is 2.64. The molecule has 0 spiro atoms. The van der Waals surface area contributed by atoms with Crippen LogP contribution in [-0.4, -0.2) is 20.9 Å². The molecular weight excluding hydrogens is 397 g/mol. The Morgan fingerprint density at radius 1 is 1.28 bits per heavy atom. The molecule has 152 valence electrons. The first-order valence-corrected chi connectivity index (χ1v) is 10.2. The smallest absolute Gasteiger partial charge is 0.309 e. The summed E-state index contributed by atoms with van der Waals surface area (Å²) in [4.78, 5) is 25.2. The highest BCUT2D eigenvalue weighted by Crippen LogP contribution is 2.63. The number of aliphatic carboxylic acids is 1. The second kappa shape index (κ2) is 6.29. The minimum absolute atomic E-state index is 0.0237. The summed E-state index contributed by atoms with van der Waals surface area (Å²) in [6, 6.07) is 5.85. The molecule has 0 radical (unpaired) electrons. The minimum Gasteiger partial charge on any atom is -0.481 e. The van der Waals surface area contributed by atoms with Gasteiger partial charge in [0.2, 0.25) is 0 Å². The Kier molecular flexibility index (Phi) is 4.04. The number of hydrogen-bond donors (Lipinski definition) is 2. The van der Waals surface area contributed by atoms with Crippen molar-refractivity contribution >= 4 is 28.9 Å². The Balaban J connectivity index is 1.53. The molecule has 6 nitrogen and oxygen atoms in total. The molecule has 1 aromatic heterocycles. The number of carboxylic acids is 1. The Labute approximate surface area is 171 Å². The van der Waals surface area contributed by atoms with Gasteiger partial charge in [-0.15, -0.1) is 0 Å². The fourth-order valence-corrected chi connectivity index (χ4v) is 6.47. The quantitative estimate of drug-likeness (QED) is 0.780. The molecule has 29 heavy (non-hydrogen) atoms. The lowest BCUT2D eigenvalue weighted by atomic mass is 9.47. The normalized spacial score (nSPS) is 32.3. The van der Waals surface area contributed by atoms with Gasteiger partial charge in [-0.3, -0.25) is 9.59 Å². The SMILES string of the molecule is O=C(O)C12C[C@H]3C[C@H](C1)CC(n1ncc(Nc4cccc(F)c4)c(Cl)c1=O)(C3)C2. The number of carbonyl (C=O) groups is 1. The van der Waals surface area contributed by atoms with Crippen LogP contribution in [0.25, 0.3) is 0 Å². The van der Waals surface area contributed by atoms with E-state index in [1.165, 1.54) is 23.0 Å². The maximum atomic E-state index is 13.4. The van der Waals surface area contributed by atoms with E-state index in [9.17, 15) is 19.1 Å². The molecule has 0 aliphatic heterocycles. The Morgan fingerprint density at radius 2 is 2.00 bits per heavy atom.